The molecule has 0 aliphatic heterocycles. The van der Waals surface area contributed by atoms with Crippen molar-refractivity contribution in [3.8, 4) is 0 Å². The largest absolute Gasteiger partial charge is 0.394 e. The van der Waals surface area contributed by atoms with E-state index in [9.17, 15) is 9.90 Å². The van der Waals surface area contributed by atoms with Crippen molar-refractivity contribution in [1.82, 2.24) is 0 Å². The van der Waals surface area contributed by atoms with Gasteiger partial charge in [-0.15, -0.1) is 0 Å². The van der Waals surface area contributed by atoms with Crippen LogP contribution in [0.15, 0.2) is 0 Å². The van der Waals surface area contributed by atoms with Crippen LogP contribution in [0.4, 0.5) is 0 Å². The minimum absolute atomic E-state index is 0.0868. The van der Waals surface area contributed by atoms with Crippen molar-refractivity contribution in [3.05, 3.63) is 0 Å². The lowest BCUT2D eigenvalue weighted by molar-refractivity contribution is -0.139. The third-order valence-corrected chi connectivity index (χ3v) is 2.27. The molecular formula is C8H14O4. The van der Waals surface area contributed by atoms with Gasteiger partial charge in [0.2, 0.25) is 0 Å². The highest BCUT2D eigenvalue weighted by atomic mass is 16.5. The van der Waals surface area contributed by atoms with Crippen molar-refractivity contribution in [2.24, 2.45) is 0 Å². The molecule has 12 heavy (non-hydrogen) atoms. The second-order valence-electron chi connectivity index (χ2n) is 3.25. The molecule has 1 aliphatic rings. The zero-order chi connectivity index (χ0) is 9.19. The second-order valence-corrected chi connectivity index (χ2v) is 3.25. The Balaban J connectivity index is 2.53. The molecule has 1 rings (SSSR count). The molecule has 2 atom stereocenters. The van der Waals surface area contributed by atoms with Crippen LogP contribution in [0.1, 0.15) is 19.8 Å². The number of rotatable bonds is 3. The number of hydrogen-bond acceptors (Lipinski definition) is 4. The lowest BCUT2D eigenvalue weighted by Crippen LogP contribution is -2.40. The van der Waals surface area contributed by atoms with Crippen molar-refractivity contribution in [2.45, 2.75) is 31.5 Å². The van der Waals surface area contributed by atoms with Crippen molar-refractivity contribution in [1.29, 1.82) is 0 Å². The molecule has 0 aromatic rings. The molecule has 0 aromatic heterocycles. The van der Waals surface area contributed by atoms with Crippen LogP contribution in [0.2, 0.25) is 0 Å². The van der Waals surface area contributed by atoms with Crippen molar-refractivity contribution < 1.29 is 19.7 Å². The number of ketones is 1. The molecule has 0 saturated heterocycles. The summed E-state index contributed by atoms with van der Waals surface area (Å²) in [5.41, 5.74) is -0.778. The molecule has 1 fully saturated rings. The summed E-state index contributed by atoms with van der Waals surface area (Å²) in [7, 11) is 0. The zero-order valence-corrected chi connectivity index (χ0v) is 7.12. The summed E-state index contributed by atoms with van der Waals surface area (Å²) in [6.45, 7) is 1.77. The Bertz CT molecular complexity index is 180. The Kier molecular flexibility index (Phi) is 2.82. The lowest BCUT2D eigenvalue weighted by Gasteiger charge is -2.26. The first-order valence-corrected chi connectivity index (χ1v) is 4.06. The first kappa shape index (κ1) is 9.64. The summed E-state index contributed by atoms with van der Waals surface area (Å²) < 4.78 is 5.20. The molecule has 1 saturated carbocycles. The molecule has 0 aromatic carbocycles. The fourth-order valence-corrected chi connectivity index (χ4v) is 1.42. The smallest absolute Gasteiger partial charge is 0.164 e. The van der Waals surface area contributed by atoms with Crippen LogP contribution in [0.3, 0.4) is 0 Å². The van der Waals surface area contributed by atoms with Gasteiger partial charge in [-0.05, 0) is 13.3 Å². The minimum atomic E-state index is -1.02. The average Bonchev–Trinajstić information content (AvgIpc) is 2.31. The monoisotopic (exact) mass is 174 g/mol. The average molecular weight is 174 g/mol. The molecule has 1 aliphatic carbocycles. The highest BCUT2D eigenvalue weighted by Crippen LogP contribution is 2.30. The maximum absolute atomic E-state index is 11.0. The third-order valence-electron chi connectivity index (χ3n) is 2.27. The quantitative estimate of drug-likeness (QED) is 0.604. The number of carbonyl (C=O) groups is 1. The molecule has 0 bridgehead atoms. The van der Waals surface area contributed by atoms with E-state index < -0.39 is 11.7 Å². The first-order chi connectivity index (χ1) is 5.60. The summed E-state index contributed by atoms with van der Waals surface area (Å²) in [5, 5.41) is 17.9. The van der Waals surface area contributed by atoms with Gasteiger partial charge in [-0.25, -0.2) is 0 Å². The zero-order valence-electron chi connectivity index (χ0n) is 7.12. The lowest BCUT2D eigenvalue weighted by atomic mass is 10.0. The van der Waals surface area contributed by atoms with E-state index in [0.717, 1.165) is 0 Å². The van der Waals surface area contributed by atoms with E-state index >= 15 is 0 Å². The van der Waals surface area contributed by atoms with Crippen LogP contribution in [0, 0.1) is 0 Å². The number of Topliss-reactive ketones (excluding diaryl/α,β-unsaturated/α-hetero) is 1. The molecular weight excluding hydrogens is 160 g/mol. The van der Waals surface area contributed by atoms with Gasteiger partial charge in [0.1, 0.15) is 6.10 Å². The Morgan fingerprint density at radius 2 is 2.42 bits per heavy atom. The Hall–Kier alpha value is -0.450. The highest BCUT2D eigenvalue weighted by Gasteiger charge is 2.44. The topological polar surface area (TPSA) is 66.8 Å². The van der Waals surface area contributed by atoms with Crippen LogP contribution in [-0.2, 0) is 9.53 Å². The van der Waals surface area contributed by atoms with E-state index in [2.05, 4.69) is 0 Å². The van der Waals surface area contributed by atoms with Gasteiger partial charge >= 0.3 is 0 Å². The summed E-state index contributed by atoms with van der Waals surface area (Å²) >= 11 is 0. The van der Waals surface area contributed by atoms with E-state index in [1.54, 1.807) is 6.92 Å². The van der Waals surface area contributed by atoms with Gasteiger partial charge in [0, 0.05) is 6.42 Å². The second kappa shape index (κ2) is 3.51. The summed E-state index contributed by atoms with van der Waals surface area (Å²) in [6, 6.07) is 0. The van der Waals surface area contributed by atoms with Crippen molar-refractivity contribution in [2.75, 3.05) is 13.2 Å². The maximum Gasteiger partial charge on any atom is 0.164 e. The summed E-state index contributed by atoms with van der Waals surface area (Å²) in [6.07, 6.45) is -0.125. The maximum atomic E-state index is 11.0. The molecule has 70 valence electrons. The summed E-state index contributed by atoms with van der Waals surface area (Å²) in [5.74, 6) is -0.171. The van der Waals surface area contributed by atoms with Gasteiger partial charge in [0.15, 0.2) is 5.78 Å². The van der Waals surface area contributed by atoms with Crippen molar-refractivity contribution >= 4 is 5.78 Å². The van der Waals surface area contributed by atoms with Crippen LogP contribution < -0.4 is 0 Å². The first-order valence-electron chi connectivity index (χ1n) is 4.06. The summed E-state index contributed by atoms with van der Waals surface area (Å²) in [4.78, 5) is 11.0. The fourth-order valence-electron chi connectivity index (χ4n) is 1.42. The van der Waals surface area contributed by atoms with Gasteiger partial charge < -0.3 is 14.9 Å². The number of aliphatic hydroxyl groups is 2. The molecule has 0 radical (unpaired) electrons. The molecule has 2 N–H and O–H groups in total. The fraction of sp³-hybridized carbons (Fsp3) is 0.875. The molecule has 0 spiro atoms. The highest BCUT2D eigenvalue weighted by molar-refractivity contribution is 5.86. The van der Waals surface area contributed by atoms with Gasteiger partial charge in [0.25, 0.3) is 0 Å². The van der Waals surface area contributed by atoms with Crippen LogP contribution in [0.5, 0.6) is 0 Å². The van der Waals surface area contributed by atoms with Gasteiger partial charge in [-0.3, -0.25) is 4.79 Å². The standard InChI is InChI=1S/C8H14O4/c1-8(12-5-4-9)3-2-6(10)7(8)11/h7,9,11H,2-5H2,1H3. The predicted molar refractivity (Wildman–Crippen MR) is 41.7 cm³/mol. The van der Waals surface area contributed by atoms with Gasteiger partial charge in [0.05, 0.1) is 18.8 Å². The minimum Gasteiger partial charge on any atom is -0.394 e. The van der Waals surface area contributed by atoms with E-state index in [4.69, 9.17) is 9.84 Å². The molecule has 0 heterocycles. The molecule has 0 amide bonds. The van der Waals surface area contributed by atoms with Gasteiger partial charge in [-0.2, -0.15) is 0 Å². The number of carbonyl (C=O) groups excluding carboxylic acids is 1. The Morgan fingerprint density at radius 3 is 2.83 bits per heavy atom. The van der Waals surface area contributed by atoms with Crippen LogP contribution in [0.25, 0.3) is 0 Å². The SMILES string of the molecule is CC1(OCCO)CCC(=O)C1O. The number of aliphatic hydroxyl groups excluding tert-OH is 2. The van der Waals surface area contributed by atoms with E-state index in [1.807, 2.05) is 0 Å². The third kappa shape index (κ3) is 1.65. The van der Waals surface area contributed by atoms with Crippen molar-refractivity contribution in [3.63, 3.8) is 0 Å². The van der Waals surface area contributed by atoms with E-state index in [-0.39, 0.29) is 19.0 Å². The van der Waals surface area contributed by atoms with E-state index in [0.29, 0.717) is 12.8 Å². The molecule has 2 unspecified atom stereocenters. The Labute approximate surface area is 71.2 Å². The van der Waals surface area contributed by atoms with Crippen LogP contribution in [-0.4, -0.2) is 40.9 Å². The Morgan fingerprint density at radius 1 is 1.75 bits per heavy atom. The molecule has 4 heteroatoms. The predicted octanol–water partition coefficient (Wildman–Crippen LogP) is -0.522. The van der Waals surface area contributed by atoms with Crippen LogP contribution >= 0.6 is 0 Å². The van der Waals surface area contributed by atoms with E-state index in [1.165, 1.54) is 0 Å². The molecule has 4 nitrogen and oxygen atoms in total. The number of hydrogen-bond donors (Lipinski definition) is 2. The number of ether oxygens (including phenoxy) is 1. The normalized spacial score (nSPS) is 35.9. The van der Waals surface area contributed by atoms with Gasteiger partial charge in [-0.1, -0.05) is 0 Å².